The number of thiophene rings is 1. The summed E-state index contributed by atoms with van der Waals surface area (Å²) < 4.78 is 0.916. The van der Waals surface area contributed by atoms with Crippen molar-refractivity contribution in [2.24, 2.45) is 0 Å². The first kappa shape index (κ1) is 13.0. The molecule has 102 valence electrons. The standard InChI is InChI=1S/C13H12N4OS2/c1-7-17-8(6-19-7)5-16-13(18)12-10(14)11-9(20-12)3-2-4-15-11/h2-4,6H,5,14H2,1H3,(H,16,18). The molecule has 0 unspecified atom stereocenters. The summed E-state index contributed by atoms with van der Waals surface area (Å²) in [7, 11) is 0. The number of hydrogen-bond donors (Lipinski definition) is 2. The summed E-state index contributed by atoms with van der Waals surface area (Å²) in [6.07, 6.45) is 1.67. The minimum atomic E-state index is -0.184. The van der Waals surface area contributed by atoms with E-state index < -0.39 is 0 Å². The lowest BCUT2D eigenvalue weighted by Crippen LogP contribution is -2.22. The summed E-state index contributed by atoms with van der Waals surface area (Å²) in [5, 5.41) is 5.76. The Hall–Kier alpha value is -1.99. The van der Waals surface area contributed by atoms with Crippen LogP contribution in [0, 0.1) is 6.92 Å². The van der Waals surface area contributed by atoms with E-state index in [2.05, 4.69) is 15.3 Å². The van der Waals surface area contributed by atoms with Crippen molar-refractivity contribution < 1.29 is 4.79 Å². The van der Waals surface area contributed by atoms with E-state index >= 15 is 0 Å². The number of thiazole rings is 1. The van der Waals surface area contributed by atoms with Crippen LogP contribution >= 0.6 is 22.7 Å². The Morgan fingerprint density at radius 2 is 2.35 bits per heavy atom. The highest BCUT2D eigenvalue weighted by molar-refractivity contribution is 7.21. The number of amides is 1. The van der Waals surface area contributed by atoms with Crippen molar-refractivity contribution >= 4 is 44.5 Å². The van der Waals surface area contributed by atoms with E-state index in [1.54, 1.807) is 17.5 Å². The average Bonchev–Trinajstić information content (AvgIpc) is 3.01. The molecule has 0 aliphatic heterocycles. The Morgan fingerprint density at radius 3 is 3.05 bits per heavy atom. The summed E-state index contributed by atoms with van der Waals surface area (Å²) in [5.74, 6) is -0.184. The van der Waals surface area contributed by atoms with Crippen LogP contribution in [0.3, 0.4) is 0 Å². The highest BCUT2D eigenvalue weighted by atomic mass is 32.1. The van der Waals surface area contributed by atoms with E-state index in [4.69, 9.17) is 5.73 Å². The molecule has 7 heteroatoms. The van der Waals surface area contributed by atoms with Gasteiger partial charge >= 0.3 is 0 Å². The van der Waals surface area contributed by atoms with Gasteiger partial charge in [0, 0.05) is 11.6 Å². The number of anilines is 1. The number of nitrogens with two attached hydrogens (primary N) is 1. The Labute approximate surface area is 123 Å². The predicted octanol–water partition coefficient (Wildman–Crippen LogP) is 2.57. The molecule has 0 aliphatic rings. The van der Waals surface area contributed by atoms with E-state index in [0.717, 1.165) is 15.4 Å². The molecule has 0 aliphatic carbocycles. The zero-order chi connectivity index (χ0) is 14.1. The number of nitrogens with one attached hydrogen (secondary N) is 1. The molecule has 0 spiro atoms. The van der Waals surface area contributed by atoms with E-state index in [1.165, 1.54) is 11.3 Å². The van der Waals surface area contributed by atoms with Gasteiger partial charge in [0.1, 0.15) is 10.4 Å². The molecule has 1 amide bonds. The number of pyridine rings is 1. The number of fused-ring (bicyclic) bond motifs is 1. The molecular formula is C13H12N4OS2. The first-order valence-electron chi connectivity index (χ1n) is 5.97. The van der Waals surface area contributed by atoms with Gasteiger partial charge in [0.25, 0.3) is 5.91 Å². The second-order valence-corrected chi connectivity index (χ2v) is 6.35. The third-order valence-corrected chi connectivity index (χ3v) is 4.77. The lowest BCUT2D eigenvalue weighted by molar-refractivity contribution is 0.0955. The molecule has 0 radical (unpaired) electrons. The highest BCUT2D eigenvalue weighted by Crippen LogP contribution is 2.31. The van der Waals surface area contributed by atoms with Crippen molar-refractivity contribution in [3.8, 4) is 0 Å². The SMILES string of the molecule is Cc1nc(CNC(=O)c2sc3cccnc3c2N)cs1. The topological polar surface area (TPSA) is 80.9 Å². The van der Waals surface area contributed by atoms with Gasteiger partial charge in [-0.25, -0.2) is 4.98 Å². The van der Waals surface area contributed by atoms with Crippen molar-refractivity contribution in [1.29, 1.82) is 0 Å². The quantitative estimate of drug-likeness (QED) is 0.779. The number of carbonyl (C=O) groups excluding carboxylic acids is 1. The van der Waals surface area contributed by atoms with E-state index in [-0.39, 0.29) is 5.91 Å². The lowest BCUT2D eigenvalue weighted by atomic mass is 10.3. The van der Waals surface area contributed by atoms with E-state index in [0.29, 0.717) is 22.6 Å². The van der Waals surface area contributed by atoms with Gasteiger partial charge in [-0.05, 0) is 19.1 Å². The Bertz CT molecular complexity index is 778. The van der Waals surface area contributed by atoms with Crippen LogP contribution in [-0.4, -0.2) is 15.9 Å². The number of aryl methyl sites for hydroxylation is 1. The number of nitrogen functional groups attached to an aromatic ring is 1. The third-order valence-electron chi connectivity index (χ3n) is 2.79. The van der Waals surface area contributed by atoms with Crippen molar-refractivity contribution in [2.45, 2.75) is 13.5 Å². The summed E-state index contributed by atoms with van der Waals surface area (Å²) in [6, 6.07) is 3.74. The third kappa shape index (κ3) is 2.37. The van der Waals surface area contributed by atoms with Crippen LogP contribution in [0.15, 0.2) is 23.7 Å². The van der Waals surface area contributed by atoms with Gasteiger partial charge in [-0.2, -0.15) is 0 Å². The maximum absolute atomic E-state index is 12.2. The fourth-order valence-corrected chi connectivity index (χ4v) is 3.47. The summed E-state index contributed by atoms with van der Waals surface area (Å²) in [5.41, 5.74) is 7.98. The molecule has 3 aromatic heterocycles. The Morgan fingerprint density at radius 1 is 1.50 bits per heavy atom. The smallest absolute Gasteiger partial charge is 0.263 e. The van der Waals surface area contributed by atoms with Gasteiger partial charge in [0.15, 0.2) is 0 Å². The van der Waals surface area contributed by atoms with Gasteiger partial charge < -0.3 is 11.1 Å². The van der Waals surface area contributed by atoms with Crippen LogP contribution < -0.4 is 11.1 Å². The van der Waals surface area contributed by atoms with Gasteiger partial charge in [0.05, 0.1) is 27.6 Å². The van der Waals surface area contributed by atoms with Crippen LogP contribution in [0.4, 0.5) is 5.69 Å². The molecule has 0 bridgehead atoms. The minimum Gasteiger partial charge on any atom is -0.396 e. The molecule has 3 heterocycles. The van der Waals surface area contributed by atoms with Crippen LogP contribution in [0.25, 0.3) is 10.2 Å². The van der Waals surface area contributed by atoms with Crippen molar-refractivity contribution in [3.63, 3.8) is 0 Å². The van der Waals surface area contributed by atoms with Gasteiger partial charge in [-0.1, -0.05) is 0 Å². The van der Waals surface area contributed by atoms with Crippen molar-refractivity contribution in [2.75, 3.05) is 5.73 Å². The van der Waals surface area contributed by atoms with Gasteiger partial charge in [0.2, 0.25) is 0 Å². The molecule has 20 heavy (non-hydrogen) atoms. The maximum Gasteiger partial charge on any atom is 0.263 e. The van der Waals surface area contributed by atoms with E-state index in [1.807, 2.05) is 24.4 Å². The monoisotopic (exact) mass is 304 g/mol. The van der Waals surface area contributed by atoms with Crippen LogP contribution in [0.1, 0.15) is 20.4 Å². The number of hydrogen-bond acceptors (Lipinski definition) is 6. The minimum absolute atomic E-state index is 0.184. The number of carbonyl (C=O) groups is 1. The van der Waals surface area contributed by atoms with Gasteiger partial charge in [-0.15, -0.1) is 22.7 Å². The molecular weight excluding hydrogens is 292 g/mol. The summed E-state index contributed by atoms with van der Waals surface area (Å²) in [6.45, 7) is 2.34. The fourth-order valence-electron chi connectivity index (χ4n) is 1.86. The molecule has 0 fully saturated rings. The molecule has 0 saturated heterocycles. The second-order valence-electron chi connectivity index (χ2n) is 4.24. The normalized spacial score (nSPS) is 10.8. The van der Waals surface area contributed by atoms with Crippen molar-refractivity contribution in [3.05, 3.63) is 39.3 Å². The zero-order valence-corrected chi connectivity index (χ0v) is 12.3. The largest absolute Gasteiger partial charge is 0.396 e. The predicted molar refractivity (Wildman–Crippen MR) is 82.1 cm³/mol. The summed E-state index contributed by atoms with van der Waals surface area (Å²) >= 11 is 2.92. The molecule has 0 aromatic carbocycles. The molecule has 0 saturated carbocycles. The molecule has 3 N–H and O–H groups in total. The first-order chi connectivity index (χ1) is 9.65. The Balaban J connectivity index is 1.80. The first-order valence-corrected chi connectivity index (χ1v) is 7.67. The molecule has 5 nitrogen and oxygen atoms in total. The fraction of sp³-hybridized carbons (Fsp3) is 0.154. The number of aromatic nitrogens is 2. The number of rotatable bonds is 3. The highest BCUT2D eigenvalue weighted by Gasteiger charge is 2.16. The van der Waals surface area contributed by atoms with Crippen LogP contribution in [-0.2, 0) is 6.54 Å². The van der Waals surface area contributed by atoms with Crippen molar-refractivity contribution in [1.82, 2.24) is 15.3 Å². The zero-order valence-electron chi connectivity index (χ0n) is 10.7. The maximum atomic E-state index is 12.2. The summed E-state index contributed by atoms with van der Waals surface area (Å²) in [4.78, 5) is 21.2. The lowest BCUT2D eigenvalue weighted by Gasteiger charge is -2.01. The van der Waals surface area contributed by atoms with Crippen LogP contribution in [0.5, 0.6) is 0 Å². The second kappa shape index (κ2) is 5.18. The van der Waals surface area contributed by atoms with Gasteiger partial charge in [-0.3, -0.25) is 9.78 Å². The van der Waals surface area contributed by atoms with E-state index in [9.17, 15) is 4.79 Å². The average molecular weight is 304 g/mol. The number of nitrogens with zero attached hydrogens (tertiary/aromatic N) is 2. The Kier molecular flexibility index (Phi) is 3.37. The molecule has 3 rings (SSSR count). The molecule has 3 aromatic rings. The van der Waals surface area contributed by atoms with Crippen LogP contribution in [0.2, 0.25) is 0 Å². The molecule has 0 atom stereocenters.